The van der Waals surface area contributed by atoms with Gasteiger partial charge in [0.1, 0.15) is 16.9 Å². The third-order valence-electron chi connectivity index (χ3n) is 10.8. The van der Waals surface area contributed by atoms with Crippen LogP contribution in [0.15, 0.2) is 137 Å². The summed E-state index contributed by atoms with van der Waals surface area (Å²) in [6.07, 6.45) is 24.2. The first-order valence-electron chi connectivity index (χ1n) is 23.6. The lowest BCUT2D eigenvalue weighted by Gasteiger charge is -2.19. The molecule has 0 spiro atoms. The molecule has 0 bridgehead atoms. The molecule has 6 N–H and O–H groups in total. The fourth-order valence-electron chi connectivity index (χ4n) is 7.42. The highest BCUT2D eigenvalue weighted by atomic mass is 127. The summed E-state index contributed by atoms with van der Waals surface area (Å²) in [4.78, 5) is 73.8. The number of nitrogens with one attached hydrogen (secondary N) is 2. The Kier molecular flexibility index (Phi) is 22.5. The van der Waals surface area contributed by atoms with Crippen LogP contribution < -0.4 is 16.7 Å². The van der Waals surface area contributed by atoms with Gasteiger partial charge in [0.25, 0.3) is 16.7 Å². The van der Waals surface area contributed by atoms with Gasteiger partial charge in [0.15, 0.2) is 0 Å². The maximum atomic E-state index is 12.5. The van der Waals surface area contributed by atoms with E-state index in [0.717, 1.165) is 67.6 Å². The molecular weight excluding hydrogens is 1320 g/mol. The number of fused-ring (bicyclic) bond motifs is 5. The minimum atomic E-state index is -0.506. The second kappa shape index (κ2) is 28.9. The molecule has 0 atom stereocenters. The second-order valence-electron chi connectivity index (χ2n) is 17.3. The minimum absolute atomic E-state index is 0.0399. The van der Waals surface area contributed by atoms with Crippen molar-refractivity contribution in [2.75, 3.05) is 39.6 Å². The van der Waals surface area contributed by atoms with E-state index in [0.29, 0.717) is 28.4 Å². The van der Waals surface area contributed by atoms with Crippen molar-refractivity contribution < 1.29 is 34.7 Å². The maximum absolute atomic E-state index is 12.5. The molecule has 0 aliphatic carbocycles. The van der Waals surface area contributed by atoms with Crippen molar-refractivity contribution in [3.63, 3.8) is 0 Å². The van der Waals surface area contributed by atoms with Crippen LogP contribution in [0.2, 0.25) is 0 Å². The molecule has 23 heteroatoms. The molecule has 1 aliphatic heterocycles. The van der Waals surface area contributed by atoms with Crippen molar-refractivity contribution in [1.29, 1.82) is 0 Å². The predicted molar refractivity (Wildman–Crippen MR) is 317 cm³/mol. The van der Waals surface area contributed by atoms with Crippen molar-refractivity contribution in [3.8, 4) is 11.1 Å². The van der Waals surface area contributed by atoms with E-state index in [2.05, 4.69) is 103 Å². The molecule has 20 nitrogen and oxygen atoms in total. The first kappa shape index (κ1) is 59.2. The zero-order valence-corrected chi connectivity index (χ0v) is 48.0. The van der Waals surface area contributed by atoms with Crippen molar-refractivity contribution in [2.24, 2.45) is 0 Å². The molecule has 0 saturated carbocycles. The molecule has 1 saturated heterocycles. The molecule has 0 unspecified atom stereocenters. The van der Waals surface area contributed by atoms with Gasteiger partial charge >= 0.3 is 6.09 Å². The van der Waals surface area contributed by atoms with Crippen molar-refractivity contribution in [2.45, 2.75) is 52.3 Å². The molecule has 0 aromatic carbocycles. The summed E-state index contributed by atoms with van der Waals surface area (Å²) >= 11 is 6.53. The first-order chi connectivity index (χ1) is 36.6. The Hall–Kier alpha value is -6.08. The van der Waals surface area contributed by atoms with Gasteiger partial charge in [-0.05, 0) is 149 Å². The highest BCUT2D eigenvalue weighted by Gasteiger charge is 2.21. The van der Waals surface area contributed by atoms with Gasteiger partial charge in [-0.2, -0.15) is 0 Å². The number of pyridine rings is 8. The number of aromatic nitrogens is 10. The quantitative estimate of drug-likeness (QED) is 0.0873. The van der Waals surface area contributed by atoms with E-state index in [-0.39, 0.29) is 49.7 Å². The summed E-state index contributed by atoms with van der Waals surface area (Å²) in [6.45, 7) is 7.71. The monoisotopic (exact) mass is 1370 g/mol. The lowest BCUT2D eigenvalue weighted by molar-refractivity contribution is 0.0543. The standard InChI is InChI=1S/C17H14N4O2.C12H13IN2O2.C10H9IN2O2.C8H5IN2O.C4H8O.C2H6O2/c22-7-6-21-10-15(11-3-5-18-8-14(11)17(21)23)13-9-20-16-12(13)2-1-4-19-16;1-12(2,3)17-11(16)15-7-9(13)8-5-4-6-14-10(8)15;11-9-6-13(3-4-14)10(15)8-5-12-2-1-7(8)9;9-7-4-11-8(12)6-3-10-2-1-5(6)7;1-2-4-5-3-1;3-1-2-4/h1-5,8-10,22H,6-7H2,(H,19,20);4-7H,1-3H3;1-2,5-6,14H,3-4H2;1-4H,(H,11,12);1-4H2;3-4H,1-2H2. The zero-order chi connectivity index (χ0) is 54.8. The molecular formula is C53H55I3N10O10. The van der Waals surface area contributed by atoms with Crippen LogP contribution in [0.1, 0.15) is 33.6 Å². The number of hydrogen-bond acceptors (Lipinski definition) is 15. The van der Waals surface area contributed by atoms with Crippen LogP contribution in [0.4, 0.5) is 4.79 Å². The van der Waals surface area contributed by atoms with E-state index < -0.39 is 11.7 Å². The SMILES string of the molecule is C1CCOC1.CC(C)(C)OC(=O)n1cc(I)c2cccnc21.O=c1[nH]cc(I)c2ccncc12.O=c1c2cnccc2c(-c2c[nH]c3ncccc23)cn1CCO.O=c1c2cnccc2c(I)cn1CCO.OCCO. The summed E-state index contributed by atoms with van der Waals surface area (Å²) in [5.74, 6) is 0. The van der Waals surface area contributed by atoms with Gasteiger partial charge in [-0.3, -0.25) is 29.3 Å². The Morgan fingerprint density at radius 2 is 1.14 bits per heavy atom. The average molecular weight is 1370 g/mol. The van der Waals surface area contributed by atoms with Crippen molar-refractivity contribution in [3.05, 3.63) is 165 Å². The molecule has 0 amide bonds. The van der Waals surface area contributed by atoms with E-state index in [1.165, 1.54) is 26.5 Å². The van der Waals surface area contributed by atoms with Crippen LogP contribution in [-0.2, 0) is 22.6 Å². The van der Waals surface area contributed by atoms with Crippen molar-refractivity contribution in [1.82, 2.24) is 48.6 Å². The number of carbonyl (C=O) groups is 1. The number of aromatic amines is 2. The summed E-state index contributed by atoms with van der Waals surface area (Å²) < 4.78 is 17.7. The van der Waals surface area contributed by atoms with E-state index in [9.17, 15) is 24.3 Å². The smallest absolute Gasteiger partial charge is 0.420 e. The Morgan fingerprint density at radius 1 is 0.605 bits per heavy atom. The lowest BCUT2D eigenvalue weighted by atomic mass is 10.0. The predicted octanol–water partition coefficient (Wildman–Crippen LogP) is 7.65. The van der Waals surface area contributed by atoms with Crippen LogP contribution >= 0.6 is 67.8 Å². The largest absolute Gasteiger partial charge is 0.443 e. The second-order valence-corrected chi connectivity index (χ2v) is 20.8. The highest BCUT2D eigenvalue weighted by molar-refractivity contribution is 14.1. The molecule has 0 radical (unpaired) electrons. The van der Waals surface area contributed by atoms with E-state index in [4.69, 9.17) is 24.8 Å². The Labute approximate surface area is 475 Å². The summed E-state index contributed by atoms with van der Waals surface area (Å²) in [5.41, 5.74) is 2.46. The molecule has 10 aromatic heterocycles. The molecule has 1 aliphatic rings. The number of aliphatic hydroxyl groups is 4. The number of halogens is 3. The van der Waals surface area contributed by atoms with Gasteiger partial charge in [-0.25, -0.2) is 19.3 Å². The van der Waals surface area contributed by atoms with Crippen LogP contribution in [0.25, 0.3) is 65.5 Å². The molecule has 1 fully saturated rings. The summed E-state index contributed by atoms with van der Waals surface area (Å²) in [7, 11) is 0. The topological polar surface area (TPSA) is 278 Å². The van der Waals surface area contributed by atoms with E-state index in [1.54, 1.807) is 74.4 Å². The van der Waals surface area contributed by atoms with Crippen LogP contribution in [0.5, 0.6) is 0 Å². The number of aliphatic hydroxyl groups excluding tert-OH is 4. The van der Waals surface area contributed by atoms with E-state index in [1.807, 2.05) is 69.4 Å². The Morgan fingerprint density at radius 3 is 1.71 bits per heavy atom. The summed E-state index contributed by atoms with van der Waals surface area (Å²) in [6, 6.07) is 13.2. The third kappa shape index (κ3) is 15.5. The zero-order valence-electron chi connectivity index (χ0n) is 41.6. The normalized spacial score (nSPS) is 11.8. The molecule has 11 heterocycles. The third-order valence-corrected chi connectivity index (χ3v) is 13.4. The van der Waals surface area contributed by atoms with Gasteiger partial charge in [0.05, 0.1) is 42.6 Å². The van der Waals surface area contributed by atoms with Crippen LogP contribution in [0, 0.1) is 10.7 Å². The highest BCUT2D eigenvalue weighted by Crippen LogP contribution is 2.32. The average Bonchev–Trinajstić information content (AvgIpc) is 4.23. The summed E-state index contributed by atoms with van der Waals surface area (Å²) in [5, 5.41) is 39.7. The maximum Gasteiger partial charge on any atom is 0.420 e. The molecule has 10 aromatic rings. The van der Waals surface area contributed by atoms with Crippen molar-refractivity contribution >= 4 is 128 Å². The number of nitrogens with zero attached hydrogens (tertiary/aromatic N) is 8. The minimum Gasteiger partial charge on any atom is -0.443 e. The van der Waals surface area contributed by atoms with Gasteiger partial charge < -0.3 is 49.0 Å². The van der Waals surface area contributed by atoms with Gasteiger partial charge in [-0.15, -0.1) is 0 Å². The number of carbonyl (C=O) groups excluding carboxylic acids is 1. The number of H-pyrrole nitrogens is 2. The van der Waals surface area contributed by atoms with Crippen LogP contribution in [0.3, 0.4) is 0 Å². The molecule has 76 heavy (non-hydrogen) atoms. The lowest BCUT2D eigenvalue weighted by Crippen LogP contribution is -2.26. The molecule has 11 rings (SSSR count). The van der Waals surface area contributed by atoms with E-state index >= 15 is 0 Å². The first-order valence-corrected chi connectivity index (χ1v) is 26.8. The number of hydrogen-bond donors (Lipinski definition) is 6. The van der Waals surface area contributed by atoms with Gasteiger partial charge in [-0.1, -0.05) is 0 Å². The van der Waals surface area contributed by atoms with Crippen LogP contribution in [-0.4, -0.2) is 120 Å². The Bertz CT molecular complexity index is 3710. The molecule has 398 valence electrons. The number of rotatable bonds is 6. The van der Waals surface area contributed by atoms with Gasteiger partial charge in [0.2, 0.25) is 0 Å². The number of ether oxygens (including phenoxy) is 2. The fraction of sp³-hybridized carbons (Fsp3) is 0.264. The van der Waals surface area contributed by atoms with Gasteiger partial charge in [0, 0.05) is 150 Å². The Balaban J connectivity index is 0.000000159. The fourth-order valence-corrected chi connectivity index (χ4v) is 9.55.